The van der Waals surface area contributed by atoms with Crippen LogP contribution in [0.1, 0.15) is 24.1 Å². The summed E-state index contributed by atoms with van der Waals surface area (Å²) >= 11 is 1.39. The lowest BCUT2D eigenvalue weighted by atomic mass is 9.71. The van der Waals surface area contributed by atoms with Gasteiger partial charge in [-0.1, -0.05) is 0 Å². The average Bonchev–Trinajstić information content (AvgIpc) is 2.83. The van der Waals surface area contributed by atoms with Crippen LogP contribution >= 0.6 is 11.8 Å². The largest absolute Gasteiger partial charge is 0.497 e. The van der Waals surface area contributed by atoms with Gasteiger partial charge in [0.2, 0.25) is 11.9 Å². The Labute approximate surface area is 203 Å². The summed E-state index contributed by atoms with van der Waals surface area (Å²) in [6.45, 7) is 0.0408. The number of aromatic nitrogens is 2. The molecule has 0 radical (unpaired) electrons. The molecule has 1 aromatic heterocycles. The number of likely N-dealkylation sites (tertiary alicyclic amines) is 1. The van der Waals surface area contributed by atoms with E-state index in [1.165, 1.54) is 18.0 Å². The fraction of sp³-hybridized carbons (Fsp3) is 0.409. The van der Waals surface area contributed by atoms with Crippen molar-refractivity contribution in [2.75, 3.05) is 37.0 Å². The molecule has 0 atom stereocenters. The number of amides is 1. The molecule has 13 heteroatoms. The van der Waals surface area contributed by atoms with Gasteiger partial charge in [-0.3, -0.25) is 15.4 Å². The quantitative estimate of drug-likeness (QED) is 0.605. The molecule has 5 rings (SSSR count). The molecule has 0 aliphatic carbocycles. The van der Waals surface area contributed by atoms with Crippen molar-refractivity contribution in [2.24, 2.45) is 5.73 Å². The van der Waals surface area contributed by atoms with Gasteiger partial charge in [-0.15, -0.1) is 0 Å². The van der Waals surface area contributed by atoms with E-state index in [-0.39, 0.29) is 18.4 Å². The summed E-state index contributed by atoms with van der Waals surface area (Å²) < 4.78 is 47.7. The van der Waals surface area contributed by atoms with Gasteiger partial charge < -0.3 is 15.0 Å². The number of alkyl halides is 3. The predicted molar refractivity (Wildman–Crippen MR) is 127 cm³/mol. The Hall–Kier alpha value is -3.44. The number of ether oxygens (including phenoxy) is 1. The van der Waals surface area contributed by atoms with Crippen LogP contribution in [0, 0.1) is 0 Å². The van der Waals surface area contributed by atoms with Crippen LogP contribution in [-0.2, 0) is 16.8 Å². The van der Waals surface area contributed by atoms with Gasteiger partial charge in [0, 0.05) is 17.4 Å². The third-order valence-electron chi connectivity index (χ3n) is 6.42. The number of hydrogen-bond donors (Lipinski definition) is 2. The van der Waals surface area contributed by atoms with Crippen LogP contribution < -0.4 is 25.4 Å². The average molecular weight is 507 g/mol. The lowest BCUT2D eigenvalue weighted by molar-refractivity contribution is -0.126. The Balaban J connectivity index is 1.50. The van der Waals surface area contributed by atoms with Gasteiger partial charge in [0.05, 0.1) is 49.6 Å². The SMILES string of the molecule is COc1ccc(N2Cc3cnc(NCC(F)(F)F)nc3C3(CCN(C4=[N+]=C(N)S4)CC3)C2=O)cc1. The second-order valence-electron chi connectivity index (χ2n) is 8.53. The summed E-state index contributed by atoms with van der Waals surface area (Å²) in [5.41, 5.74) is 6.57. The molecular weight excluding hydrogens is 483 g/mol. The van der Waals surface area contributed by atoms with Crippen molar-refractivity contribution in [3.63, 3.8) is 0 Å². The number of hydrogen-bond acceptors (Lipinski definition) is 8. The van der Waals surface area contributed by atoms with Gasteiger partial charge in [0.1, 0.15) is 12.3 Å². The highest BCUT2D eigenvalue weighted by Gasteiger charge is 2.53. The van der Waals surface area contributed by atoms with E-state index in [0.717, 1.165) is 5.17 Å². The number of fused-ring (bicyclic) bond motifs is 2. The number of nitrogens with one attached hydrogen (secondary N) is 1. The number of halogens is 3. The third kappa shape index (κ3) is 4.37. The summed E-state index contributed by atoms with van der Waals surface area (Å²) in [6.07, 6.45) is -2.04. The summed E-state index contributed by atoms with van der Waals surface area (Å²) in [6, 6.07) is 7.17. The molecular formula is C22H23F3N7O2S+. The van der Waals surface area contributed by atoms with E-state index in [1.807, 2.05) is 12.1 Å². The van der Waals surface area contributed by atoms with E-state index >= 15 is 0 Å². The molecule has 4 heterocycles. The van der Waals surface area contributed by atoms with Crippen LogP contribution in [0.5, 0.6) is 5.75 Å². The highest BCUT2D eigenvalue weighted by molar-refractivity contribution is 8.27. The van der Waals surface area contributed by atoms with Crippen molar-refractivity contribution in [2.45, 2.75) is 31.0 Å². The highest BCUT2D eigenvalue weighted by Crippen LogP contribution is 2.44. The first-order valence-corrected chi connectivity index (χ1v) is 11.8. The zero-order valence-electron chi connectivity index (χ0n) is 18.8. The monoisotopic (exact) mass is 506 g/mol. The molecule has 184 valence electrons. The van der Waals surface area contributed by atoms with Crippen molar-refractivity contribution in [1.29, 1.82) is 0 Å². The molecule has 1 spiro atoms. The zero-order valence-corrected chi connectivity index (χ0v) is 19.6. The second-order valence-corrected chi connectivity index (χ2v) is 9.52. The second kappa shape index (κ2) is 8.65. The molecule has 1 amide bonds. The van der Waals surface area contributed by atoms with E-state index < -0.39 is 18.1 Å². The standard InChI is InChI=1S/C22H22F3N7O2S/c1-34-15-4-2-14(3-5-15)32-11-13-10-27-19(28-12-22(23,24)25)29-16(13)21(17(32)33)6-8-31(9-7-21)20-30-18(26)35-20/h2-5,10,26H,6-9,11-12H2,1H3,(H,27,28,29)/p+1. The van der Waals surface area contributed by atoms with Crippen LogP contribution in [0.25, 0.3) is 0 Å². The molecule has 1 fully saturated rings. The van der Waals surface area contributed by atoms with Gasteiger partial charge in [-0.2, -0.15) is 13.2 Å². The number of rotatable bonds is 4. The smallest absolute Gasteiger partial charge is 0.405 e. The maximum Gasteiger partial charge on any atom is 0.405 e. The molecule has 9 nitrogen and oxygen atoms in total. The molecule has 3 aliphatic rings. The predicted octanol–water partition coefficient (Wildman–Crippen LogP) is 1.82. The van der Waals surface area contributed by atoms with Gasteiger partial charge in [-0.25, -0.2) is 14.6 Å². The Morgan fingerprint density at radius 1 is 1.26 bits per heavy atom. The minimum atomic E-state index is -4.41. The number of benzene rings is 1. The van der Waals surface area contributed by atoms with Crippen LogP contribution in [0.3, 0.4) is 0 Å². The van der Waals surface area contributed by atoms with Gasteiger partial charge >= 0.3 is 16.5 Å². The van der Waals surface area contributed by atoms with Crippen LogP contribution in [0.15, 0.2) is 30.5 Å². The number of nitrogens with two attached hydrogens (primary N) is 1. The Morgan fingerprint density at radius 3 is 2.54 bits per heavy atom. The first-order chi connectivity index (χ1) is 16.7. The fourth-order valence-electron chi connectivity index (χ4n) is 4.63. The minimum Gasteiger partial charge on any atom is -0.497 e. The van der Waals surface area contributed by atoms with E-state index in [1.54, 1.807) is 24.1 Å². The number of methoxy groups -OCH3 is 1. The van der Waals surface area contributed by atoms with Crippen LogP contribution in [-0.4, -0.2) is 64.0 Å². The number of carbonyl (C=O) groups excluding carboxylic acids is 1. The topological polar surface area (TPSA) is 111 Å². The molecule has 1 saturated heterocycles. The number of anilines is 2. The Kier molecular flexibility index (Phi) is 5.76. The number of amidine groups is 2. The van der Waals surface area contributed by atoms with Crippen molar-refractivity contribution in [1.82, 2.24) is 19.5 Å². The maximum absolute atomic E-state index is 14.0. The molecule has 2 aromatic rings. The number of piperidine rings is 1. The number of thioether (sulfide) groups is 1. The fourth-order valence-corrected chi connectivity index (χ4v) is 5.28. The number of nitrogens with zero attached hydrogens (tertiary/aromatic N) is 5. The lowest BCUT2D eigenvalue weighted by Crippen LogP contribution is -2.57. The molecule has 0 saturated carbocycles. The summed E-state index contributed by atoms with van der Waals surface area (Å²) in [5, 5.41) is 3.55. The first kappa shape index (κ1) is 23.3. The van der Waals surface area contributed by atoms with E-state index in [4.69, 9.17) is 10.5 Å². The normalized spacial score (nSPS) is 19.0. The number of carbonyl (C=O) groups is 1. The lowest BCUT2D eigenvalue weighted by Gasteiger charge is -2.45. The zero-order chi connectivity index (χ0) is 24.8. The van der Waals surface area contributed by atoms with Crippen molar-refractivity contribution < 1.29 is 22.7 Å². The summed E-state index contributed by atoms with van der Waals surface area (Å²) in [4.78, 5) is 26.3. The van der Waals surface area contributed by atoms with Crippen molar-refractivity contribution >= 4 is 39.6 Å². The molecule has 1 aromatic carbocycles. The molecule has 0 bridgehead atoms. The van der Waals surface area contributed by atoms with Gasteiger partial charge in [-0.05, 0) is 37.1 Å². The molecule has 3 aliphatic heterocycles. The highest BCUT2D eigenvalue weighted by atomic mass is 32.2. The van der Waals surface area contributed by atoms with Crippen LogP contribution in [0.2, 0.25) is 0 Å². The Bertz CT molecular complexity index is 1220. The van der Waals surface area contributed by atoms with Gasteiger partial charge in [0.25, 0.3) is 0 Å². The van der Waals surface area contributed by atoms with Gasteiger partial charge in [0.15, 0.2) is 0 Å². The van der Waals surface area contributed by atoms with E-state index in [0.29, 0.717) is 53.8 Å². The first-order valence-electron chi connectivity index (χ1n) is 11.0. The third-order valence-corrected chi connectivity index (χ3v) is 7.25. The van der Waals surface area contributed by atoms with E-state index in [2.05, 4.69) is 24.9 Å². The van der Waals surface area contributed by atoms with Crippen molar-refractivity contribution in [3.05, 3.63) is 41.7 Å². The van der Waals surface area contributed by atoms with E-state index in [9.17, 15) is 18.0 Å². The maximum atomic E-state index is 14.0. The van der Waals surface area contributed by atoms with Crippen LogP contribution in [0.4, 0.5) is 24.8 Å². The molecule has 3 N–H and O–H groups in total. The summed E-state index contributed by atoms with van der Waals surface area (Å²) in [7, 11) is 1.57. The Morgan fingerprint density at radius 2 is 1.94 bits per heavy atom. The molecule has 35 heavy (non-hydrogen) atoms. The van der Waals surface area contributed by atoms with Crippen molar-refractivity contribution in [3.8, 4) is 5.75 Å². The summed E-state index contributed by atoms with van der Waals surface area (Å²) in [5.74, 6) is 0.389. The minimum absolute atomic E-state index is 0.135. The molecule has 0 unspecified atom stereocenters.